The number of hydrogen-bond acceptors (Lipinski definition) is 6. The minimum atomic E-state index is -0.767. The molecule has 0 saturated carbocycles. The van der Waals surface area contributed by atoms with Gasteiger partial charge in [0.1, 0.15) is 13.2 Å². The molecule has 0 spiro atoms. The lowest BCUT2D eigenvalue weighted by Gasteiger charge is -2.18. The van der Waals surface area contributed by atoms with Crippen LogP contribution in [-0.2, 0) is 28.6 Å². The summed E-state index contributed by atoms with van der Waals surface area (Å²) in [6, 6.07) is 0. The van der Waals surface area contributed by atoms with Gasteiger partial charge in [0.05, 0.1) is 0 Å². The van der Waals surface area contributed by atoms with Crippen LogP contribution in [0.5, 0.6) is 0 Å². The van der Waals surface area contributed by atoms with E-state index in [0.29, 0.717) is 19.3 Å². The van der Waals surface area contributed by atoms with E-state index in [1.165, 1.54) is 231 Å². The van der Waals surface area contributed by atoms with Crippen LogP contribution >= 0.6 is 0 Å². The summed E-state index contributed by atoms with van der Waals surface area (Å²) >= 11 is 0. The number of esters is 3. The monoisotopic (exact) mass is 931 g/mol. The number of carbonyl (C=O) groups excluding carboxylic acids is 3. The molecule has 0 unspecified atom stereocenters. The maximum Gasteiger partial charge on any atom is 0.306 e. The van der Waals surface area contributed by atoms with E-state index in [9.17, 15) is 14.4 Å². The molecule has 66 heavy (non-hydrogen) atoms. The summed E-state index contributed by atoms with van der Waals surface area (Å²) in [5.74, 6) is -0.849. The van der Waals surface area contributed by atoms with Crippen molar-refractivity contribution in [1.82, 2.24) is 0 Å². The maximum atomic E-state index is 12.9. The minimum absolute atomic E-state index is 0.0663. The van der Waals surface area contributed by atoms with Gasteiger partial charge in [-0.2, -0.15) is 0 Å². The molecule has 1 atom stereocenters. The van der Waals surface area contributed by atoms with Crippen LogP contribution in [0.1, 0.15) is 335 Å². The van der Waals surface area contributed by atoms with E-state index >= 15 is 0 Å². The van der Waals surface area contributed by atoms with Crippen LogP contribution in [-0.4, -0.2) is 37.2 Å². The van der Waals surface area contributed by atoms with E-state index in [2.05, 4.69) is 32.9 Å². The topological polar surface area (TPSA) is 78.9 Å². The summed E-state index contributed by atoms with van der Waals surface area (Å²) in [6.45, 7) is 6.68. The molecule has 0 aromatic heterocycles. The molecule has 0 radical (unpaired) electrons. The zero-order valence-electron chi connectivity index (χ0n) is 44.7. The molecule has 6 nitrogen and oxygen atoms in total. The number of carbonyl (C=O) groups is 3. The van der Waals surface area contributed by atoms with Crippen molar-refractivity contribution in [3.05, 3.63) is 12.2 Å². The predicted octanol–water partition coefficient (Wildman–Crippen LogP) is 19.7. The highest BCUT2D eigenvalue weighted by Gasteiger charge is 2.19. The normalized spacial score (nSPS) is 12.0. The van der Waals surface area contributed by atoms with Gasteiger partial charge in [0.25, 0.3) is 0 Å². The molecule has 6 heteroatoms. The van der Waals surface area contributed by atoms with Crippen LogP contribution < -0.4 is 0 Å². The second-order valence-electron chi connectivity index (χ2n) is 20.3. The Morgan fingerprint density at radius 3 is 0.773 bits per heavy atom. The van der Waals surface area contributed by atoms with Gasteiger partial charge in [-0.1, -0.05) is 283 Å². The van der Waals surface area contributed by atoms with Gasteiger partial charge >= 0.3 is 17.9 Å². The maximum absolute atomic E-state index is 12.9. The Balaban J connectivity index is 4.29. The first-order valence-electron chi connectivity index (χ1n) is 29.7. The molecular formula is C60H114O6. The molecule has 0 aliphatic carbocycles. The second kappa shape index (κ2) is 55.7. The van der Waals surface area contributed by atoms with E-state index in [4.69, 9.17) is 14.2 Å². The molecule has 0 aliphatic rings. The molecule has 0 rings (SSSR count). The molecule has 0 amide bonds. The molecule has 390 valence electrons. The Labute approximate surface area is 411 Å². The Bertz CT molecular complexity index is 1020. The van der Waals surface area contributed by atoms with Crippen molar-refractivity contribution in [2.45, 2.75) is 341 Å². The molecule has 0 saturated heterocycles. The van der Waals surface area contributed by atoms with E-state index in [0.717, 1.165) is 64.2 Å². The Morgan fingerprint density at radius 2 is 0.500 bits per heavy atom. The van der Waals surface area contributed by atoms with Crippen molar-refractivity contribution in [2.24, 2.45) is 0 Å². The van der Waals surface area contributed by atoms with Crippen molar-refractivity contribution in [1.29, 1.82) is 0 Å². The van der Waals surface area contributed by atoms with Crippen molar-refractivity contribution in [3.63, 3.8) is 0 Å². The standard InChI is InChI=1S/C60H114O6/c1-4-7-10-13-16-19-22-25-27-29-31-32-35-38-41-44-47-50-53-59(62)65-56-57(55-64-58(61)52-49-46-43-40-37-34-24-21-18-15-12-9-6-3)66-60(63)54-51-48-45-42-39-36-33-30-28-26-23-20-17-14-11-8-5-2/h21,24,57H,4-20,22-23,25-56H2,1-3H3/b24-21+/t57-/m1/s1. The summed E-state index contributed by atoms with van der Waals surface area (Å²) in [7, 11) is 0. The first kappa shape index (κ1) is 64.2. The number of unbranched alkanes of at least 4 members (excludes halogenated alkanes) is 42. The van der Waals surface area contributed by atoms with E-state index in [1.807, 2.05) is 0 Å². The van der Waals surface area contributed by atoms with Crippen molar-refractivity contribution in [3.8, 4) is 0 Å². The van der Waals surface area contributed by atoms with Gasteiger partial charge in [0.15, 0.2) is 6.10 Å². The van der Waals surface area contributed by atoms with E-state index < -0.39 is 6.10 Å². The van der Waals surface area contributed by atoms with Gasteiger partial charge in [-0.05, 0) is 44.9 Å². The highest BCUT2D eigenvalue weighted by atomic mass is 16.6. The fourth-order valence-electron chi connectivity index (χ4n) is 9.03. The summed E-state index contributed by atoms with van der Waals surface area (Å²) < 4.78 is 16.9. The lowest BCUT2D eigenvalue weighted by atomic mass is 10.0. The van der Waals surface area contributed by atoms with Crippen molar-refractivity contribution in [2.75, 3.05) is 13.2 Å². The van der Waals surface area contributed by atoms with Crippen molar-refractivity contribution >= 4 is 17.9 Å². The minimum Gasteiger partial charge on any atom is -0.462 e. The number of rotatable bonds is 55. The average molecular weight is 932 g/mol. The second-order valence-corrected chi connectivity index (χ2v) is 20.3. The van der Waals surface area contributed by atoms with Gasteiger partial charge in [-0.3, -0.25) is 14.4 Å². The quantitative estimate of drug-likeness (QED) is 0.0262. The molecule has 0 aromatic rings. The van der Waals surface area contributed by atoms with Crippen LogP contribution in [0.2, 0.25) is 0 Å². The Kier molecular flexibility index (Phi) is 54.2. The van der Waals surface area contributed by atoms with Crippen LogP contribution in [0, 0.1) is 0 Å². The SMILES string of the molecule is CCCCCC/C=C/CCCCCCCC(=O)OC[C@H](COC(=O)CCCCCCCCCCCCCCCCCCCC)OC(=O)CCCCCCCCCCCCCCCCCCC. The molecular weight excluding hydrogens is 817 g/mol. The van der Waals surface area contributed by atoms with Gasteiger partial charge in [-0.25, -0.2) is 0 Å². The largest absolute Gasteiger partial charge is 0.462 e. The molecule has 0 aromatic carbocycles. The van der Waals surface area contributed by atoms with Crippen LogP contribution in [0.3, 0.4) is 0 Å². The third kappa shape index (κ3) is 53.1. The molecule has 0 fully saturated rings. The van der Waals surface area contributed by atoms with Gasteiger partial charge in [0.2, 0.25) is 0 Å². The first-order valence-corrected chi connectivity index (χ1v) is 29.7. The smallest absolute Gasteiger partial charge is 0.306 e. The third-order valence-corrected chi connectivity index (χ3v) is 13.5. The highest BCUT2D eigenvalue weighted by molar-refractivity contribution is 5.71. The lowest BCUT2D eigenvalue weighted by Crippen LogP contribution is -2.30. The number of allylic oxidation sites excluding steroid dienone is 2. The van der Waals surface area contributed by atoms with Crippen molar-refractivity contribution < 1.29 is 28.6 Å². The highest BCUT2D eigenvalue weighted by Crippen LogP contribution is 2.17. The van der Waals surface area contributed by atoms with Crippen LogP contribution in [0.15, 0.2) is 12.2 Å². The summed E-state index contributed by atoms with van der Waals surface area (Å²) in [5, 5.41) is 0. The predicted molar refractivity (Wildman–Crippen MR) is 284 cm³/mol. The van der Waals surface area contributed by atoms with Gasteiger partial charge in [0, 0.05) is 19.3 Å². The fraction of sp³-hybridized carbons (Fsp3) is 0.917. The Morgan fingerprint density at radius 1 is 0.288 bits per heavy atom. The zero-order chi connectivity index (χ0) is 47.9. The van der Waals surface area contributed by atoms with Crippen LogP contribution in [0.25, 0.3) is 0 Å². The summed E-state index contributed by atoms with van der Waals surface area (Å²) in [4.78, 5) is 38.2. The van der Waals surface area contributed by atoms with E-state index in [-0.39, 0.29) is 31.1 Å². The van der Waals surface area contributed by atoms with E-state index in [1.54, 1.807) is 0 Å². The molecule has 0 bridgehead atoms. The molecule has 0 N–H and O–H groups in total. The Hall–Kier alpha value is -1.85. The van der Waals surface area contributed by atoms with Crippen LogP contribution in [0.4, 0.5) is 0 Å². The zero-order valence-corrected chi connectivity index (χ0v) is 44.7. The lowest BCUT2D eigenvalue weighted by molar-refractivity contribution is -0.167. The fourth-order valence-corrected chi connectivity index (χ4v) is 9.03. The summed E-state index contributed by atoms with van der Waals surface area (Å²) in [5.41, 5.74) is 0. The average Bonchev–Trinajstić information content (AvgIpc) is 3.31. The van der Waals surface area contributed by atoms with Gasteiger partial charge < -0.3 is 14.2 Å². The third-order valence-electron chi connectivity index (χ3n) is 13.5. The molecule has 0 aliphatic heterocycles. The first-order chi connectivity index (χ1) is 32.5. The molecule has 0 heterocycles. The number of ether oxygens (including phenoxy) is 3. The van der Waals surface area contributed by atoms with Gasteiger partial charge in [-0.15, -0.1) is 0 Å². The summed E-state index contributed by atoms with van der Waals surface area (Å²) in [6.07, 6.45) is 63.5. The number of hydrogen-bond donors (Lipinski definition) is 0.